The molecular formula is C11H17NO6. The molecule has 0 aromatic heterocycles. The van der Waals surface area contributed by atoms with Crippen molar-refractivity contribution in [3.8, 4) is 0 Å². The van der Waals surface area contributed by atoms with Gasteiger partial charge < -0.3 is 14.2 Å². The Morgan fingerprint density at radius 2 is 1.44 bits per heavy atom. The maximum atomic E-state index is 11.6. The van der Waals surface area contributed by atoms with Gasteiger partial charge in [-0.05, 0) is 12.8 Å². The number of hydrogen-bond donors (Lipinski definition) is 1. The third kappa shape index (κ3) is 2.98. The third-order valence-corrected chi connectivity index (χ3v) is 2.99. The number of carbonyl (C=O) groups excluding carboxylic acids is 3. The molecule has 0 bridgehead atoms. The molecule has 0 spiro atoms. The van der Waals surface area contributed by atoms with Gasteiger partial charge in [0.2, 0.25) is 0 Å². The van der Waals surface area contributed by atoms with Gasteiger partial charge in [-0.2, -0.15) is 0 Å². The van der Waals surface area contributed by atoms with Crippen molar-refractivity contribution in [2.24, 2.45) is 5.92 Å². The summed E-state index contributed by atoms with van der Waals surface area (Å²) in [5.41, 5.74) is 0. The standard InChI is InChI=1S/C11H17NO6/c1-16-9(13)6-4-5-7(10(14)17-2)12-8(6)11(15)18-3/h6-8,12H,4-5H2,1-3H3/t6-,7-,8-/m0/s1. The lowest BCUT2D eigenvalue weighted by Gasteiger charge is -2.32. The molecule has 1 heterocycles. The zero-order valence-corrected chi connectivity index (χ0v) is 10.6. The van der Waals surface area contributed by atoms with Crippen molar-refractivity contribution in [1.29, 1.82) is 0 Å². The zero-order valence-electron chi connectivity index (χ0n) is 10.6. The molecule has 1 N–H and O–H groups in total. The number of esters is 3. The van der Waals surface area contributed by atoms with Crippen molar-refractivity contribution in [2.45, 2.75) is 24.9 Å². The molecule has 102 valence electrons. The molecule has 1 saturated heterocycles. The van der Waals surface area contributed by atoms with E-state index in [9.17, 15) is 14.4 Å². The van der Waals surface area contributed by atoms with Crippen molar-refractivity contribution in [2.75, 3.05) is 21.3 Å². The van der Waals surface area contributed by atoms with Crippen molar-refractivity contribution in [3.05, 3.63) is 0 Å². The van der Waals surface area contributed by atoms with Crippen LogP contribution in [0.5, 0.6) is 0 Å². The minimum atomic E-state index is -0.889. The Labute approximate surface area is 105 Å². The van der Waals surface area contributed by atoms with Crippen LogP contribution in [0.4, 0.5) is 0 Å². The molecule has 1 rings (SSSR count). The summed E-state index contributed by atoms with van der Waals surface area (Å²) in [6.45, 7) is 0. The highest BCUT2D eigenvalue weighted by atomic mass is 16.5. The van der Waals surface area contributed by atoms with Crippen LogP contribution in [0.2, 0.25) is 0 Å². The van der Waals surface area contributed by atoms with E-state index in [0.29, 0.717) is 12.8 Å². The first-order chi connectivity index (χ1) is 8.54. The van der Waals surface area contributed by atoms with Gasteiger partial charge in [0.05, 0.1) is 27.2 Å². The number of piperidine rings is 1. The molecule has 7 nitrogen and oxygen atoms in total. The molecule has 18 heavy (non-hydrogen) atoms. The molecule has 0 aromatic carbocycles. The van der Waals surface area contributed by atoms with E-state index in [1.807, 2.05) is 0 Å². The second-order valence-corrected chi connectivity index (χ2v) is 3.95. The fourth-order valence-corrected chi connectivity index (χ4v) is 2.02. The van der Waals surface area contributed by atoms with E-state index in [2.05, 4.69) is 19.5 Å². The Hall–Kier alpha value is -1.63. The molecule has 0 amide bonds. The largest absolute Gasteiger partial charge is 0.469 e. The van der Waals surface area contributed by atoms with E-state index in [4.69, 9.17) is 0 Å². The highest BCUT2D eigenvalue weighted by Gasteiger charge is 2.42. The molecule has 0 aromatic rings. The summed E-state index contributed by atoms with van der Waals surface area (Å²) in [4.78, 5) is 34.6. The van der Waals surface area contributed by atoms with Gasteiger partial charge in [-0.1, -0.05) is 0 Å². The quantitative estimate of drug-likeness (QED) is 0.526. The molecule has 0 aliphatic carbocycles. The molecule has 1 fully saturated rings. The minimum absolute atomic E-state index is 0.360. The highest BCUT2D eigenvalue weighted by Crippen LogP contribution is 2.22. The number of rotatable bonds is 3. The molecule has 0 unspecified atom stereocenters. The van der Waals surface area contributed by atoms with Gasteiger partial charge in [-0.3, -0.25) is 19.7 Å². The van der Waals surface area contributed by atoms with Crippen LogP contribution in [0.15, 0.2) is 0 Å². The molecule has 0 saturated carbocycles. The van der Waals surface area contributed by atoms with Gasteiger partial charge in [0, 0.05) is 0 Å². The lowest BCUT2D eigenvalue weighted by molar-refractivity contribution is -0.159. The lowest BCUT2D eigenvalue weighted by atomic mass is 9.87. The molecule has 0 radical (unpaired) electrons. The summed E-state index contributed by atoms with van der Waals surface area (Å²) in [5, 5.41) is 2.77. The predicted octanol–water partition coefficient (Wildman–Crippen LogP) is -0.758. The van der Waals surface area contributed by atoms with Gasteiger partial charge in [-0.15, -0.1) is 0 Å². The minimum Gasteiger partial charge on any atom is -0.469 e. The fourth-order valence-electron chi connectivity index (χ4n) is 2.02. The summed E-state index contributed by atoms with van der Waals surface area (Å²) in [7, 11) is 3.74. The van der Waals surface area contributed by atoms with Crippen molar-refractivity contribution in [3.63, 3.8) is 0 Å². The molecule has 1 aliphatic heterocycles. The summed E-state index contributed by atoms with van der Waals surface area (Å²) in [6.07, 6.45) is 0.763. The zero-order chi connectivity index (χ0) is 13.7. The summed E-state index contributed by atoms with van der Waals surface area (Å²) in [5.74, 6) is -2.21. The monoisotopic (exact) mass is 259 g/mol. The normalized spacial score (nSPS) is 27.2. The van der Waals surface area contributed by atoms with Gasteiger partial charge in [0.15, 0.2) is 0 Å². The van der Waals surface area contributed by atoms with Crippen LogP contribution in [0, 0.1) is 5.92 Å². The Morgan fingerprint density at radius 3 is 1.94 bits per heavy atom. The van der Waals surface area contributed by atoms with Crippen LogP contribution in [-0.2, 0) is 28.6 Å². The average Bonchev–Trinajstić information content (AvgIpc) is 2.43. The van der Waals surface area contributed by atoms with E-state index in [0.717, 1.165) is 0 Å². The Kier molecular flexibility index (Phi) is 5.08. The van der Waals surface area contributed by atoms with Crippen molar-refractivity contribution in [1.82, 2.24) is 5.32 Å². The van der Waals surface area contributed by atoms with E-state index >= 15 is 0 Å². The first kappa shape index (κ1) is 14.4. The van der Waals surface area contributed by atoms with Gasteiger partial charge in [-0.25, -0.2) is 0 Å². The maximum absolute atomic E-state index is 11.6. The maximum Gasteiger partial charge on any atom is 0.323 e. The third-order valence-electron chi connectivity index (χ3n) is 2.99. The number of methoxy groups -OCH3 is 3. The SMILES string of the molecule is COC(=O)[C@@H]1CC[C@H](C(=O)OC)[C@@H](C(=O)OC)N1. The van der Waals surface area contributed by atoms with Gasteiger partial charge >= 0.3 is 17.9 Å². The van der Waals surface area contributed by atoms with E-state index < -0.39 is 35.9 Å². The Morgan fingerprint density at radius 1 is 0.889 bits per heavy atom. The number of hydrogen-bond acceptors (Lipinski definition) is 7. The first-order valence-electron chi connectivity index (χ1n) is 5.54. The fraction of sp³-hybridized carbons (Fsp3) is 0.727. The summed E-state index contributed by atoms with van der Waals surface area (Å²) >= 11 is 0. The van der Waals surface area contributed by atoms with Crippen molar-refractivity contribution < 1.29 is 28.6 Å². The summed E-state index contributed by atoms with van der Waals surface area (Å²) < 4.78 is 13.9. The smallest absolute Gasteiger partial charge is 0.323 e. The highest BCUT2D eigenvalue weighted by molar-refractivity contribution is 5.86. The molecule has 7 heteroatoms. The number of carbonyl (C=O) groups is 3. The van der Waals surface area contributed by atoms with Gasteiger partial charge in [0.1, 0.15) is 12.1 Å². The second kappa shape index (κ2) is 6.34. The average molecular weight is 259 g/mol. The predicted molar refractivity (Wildman–Crippen MR) is 59.5 cm³/mol. The Bertz CT molecular complexity index is 342. The van der Waals surface area contributed by atoms with E-state index in [1.54, 1.807) is 0 Å². The second-order valence-electron chi connectivity index (χ2n) is 3.95. The van der Waals surface area contributed by atoms with Crippen LogP contribution in [-0.4, -0.2) is 51.3 Å². The van der Waals surface area contributed by atoms with Crippen molar-refractivity contribution >= 4 is 17.9 Å². The van der Waals surface area contributed by atoms with Crippen LogP contribution >= 0.6 is 0 Å². The van der Waals surface area contributed by atoms with Gasteiger partial charge in [0.25, 0.3) is 0 Å². The van der Waals surface area contributed by atoms with E-state index in [-0.39, 0.29) is 0 Å². The number of nitrogens with one attached hydrogen (secondary N) is 1. The molecule has 1 aliphatic rings. The topological polar surface area (TPSA) is 90.9 Å². The van der Waals surface area contributed by atoms with E-state index in [1.165, 1.54) is 21.3 Å². The van der Waals surface area contributed by atoms with Crippen LogP contribution < -0.4 is 5.32 Å². The van der Waals surface area contributed by atoms with Crippen LogP contribution in [0.3, 0.4) is 0 Å². The molecule has 3 atom stereocenters. The van der Waals surface area contributed by atoms with Crippen LogP contribution in [0.1, 0.15) is 12.8 Å². The summed E-state index contributed by atoms with van der Waals surface area (Å²) in [6, 6.07) is -1.50. The molecular weight excluding hydrogens is 242 g/mol. The number of ether oxygens (including phenoxy) is 3. The first-order valence-corrected chi connectivity index (χ1v) is 5.54. The van der Waals surface area contributed by atoms with Crippen LogP contribution in [0.25, 0.3) is 0 Å². The lowest BCUT2D eigenvalue weighted by Crippen LogP contribution is -2.57. The Balaban J connectivity index is 2.82.